The molecule has 0 aliphatic carbocycles. The van der Waals surface area contributed by atoms with E-state index >= 15 is 0 Å². The first-order chi connectivity index (χ1) is 9.07. The second kappa shape index (κ2) is 12.3. The molecule has 0 aliphatic rings. The van der Waals surface area contributed by atoms with E-state index in [1.807, 2.05) is 0 Å². The van der Waals surface area contributed by atoms with Crippen LogP contribution < -0.4 is 0 Å². The van der Waals surface area contributed by atoms with Crippen LogP contribution in [0.15, 0.2) is 24.3 Å². The number of rotatable bonds is 13. The number of allylic oxidation sites excluding steroid dienone is 1. The molecule has 0 aromatic rings. The molecule has 0 saturated carbocycles. The van der Waals surface area contributed by atoms with Gasteiger partial charge in [-0.2, -0.15) is 0 Å². The smallest absolute Gasteiger partial charge is 0.310 e. The molecule has 0 amide bonds. The summed E-state index contributed by atoms with van der Waals surface area (Å²) in [7, 11) is 0. The Kier molecular flexibility index (Phi) is 11.8. The number of unbranched alkanes of at least 4 members (excludes halogenated alkanes) is 7. The number of carboxylic acids is 1. The van der Waals surface area contributed by atoms with Crippen LogP contribution in [0.4, 0.5) is 0 Å². The largest absolute Gasteiger partial charge is 0.481 e. The highest BCUT2D eigenvalue weighted by Crippen LogP contribution is 2.15. The average Bonchev–Trinajstić information content (AvgIpc) is 2.35. The van der Waals surface area contributed by atoms with Crippen LogP contribution in [-0.2, 0) is 4.79 Å². The predicted octanol–water partition coefficient (Wildman–Crippen LogP) is 5.53. The van der Waals surface area contributed by atoms with Crippen molar-refractivity contribution in [3.05, 3.63) is 24.3 Å². The fourth-order valence-electron chi connectivity index (χ4n) is 2.08. The zero-order valence-corrected chi connectivity index (χ0v) is 12.6. The van der Waals surface area contributed by atoms with Gasteiger partial charge < -0.3 is 5.11 Å². The molecule has 19 heavy (non-hydrogen) atoms. The summed E-state index contributed by atoms with van der Waals surface area (Å²) in [6.45, 7) is 7.23. The van der Waals surface area contributed by atoms with Crippen molar-refractivity contribution in [3.63, 3.8) is 0 Å². The van der Waals surface area contributed by atoms with E-state index in [4.69, 9.17) is 16.7 Å². The quantitative estimate of drug-likeness (QED) is 0.357. The molecule has 1 unspecified atom stereocenters. The minimum Gasteiger partial charge on any atom is -0.481 e. The highest BCUT2D eigenvalue weighted by Gasteiger charge is 2.11. The first-order valence-corrected chi connectivity index (χ1v) is 7.64. The predicted molar refractivity (Wildman–Crippen MR) is 82.5 cm³/mol. The van der Waals surface area contributed by atoms with Crippen LogP contribution in [0.5, 0.6) is 0 Å². The van der Waals surface area contributed by atoms with Crippen molar-refractivity contribution in [2.45, 2.75) is 64.2 Å². The maximum atomic E-state index is 10.8. The van der Waals surface area contributed by atoms with Crippen LogP contribution in [0.3, 0.4) is 0 Å². The van der Waals surface area contributed by atoms with Crippen LogP contribution >= 0.6 is 11.6 Å². The van der Waals surface area contributed by atoms with Gasteiger partial charge in [0.15, 0.2) is 0 Å². The van der Waals surface area contributed by atoms with Gasteiger partial charge in [-0.15, -0.1) is 6.58 Å². The van der Waals surface area contributed by atoms with Crippen molar-refractivity contribution in [1.82, 2.24) is 0 Å². The molecule has 3 heteroatoms. The molecule has 0 aromatic carbocycles. The van der Waals surface area contributed by atoms with Crippen LogP contribution in [0.1, 0.15) is 64.2 Å². The van der Waals surface area contributed by atoms with Crippen molar-refractivity contribution in [1.29, 1.82) is 0 Å². The van der Waals surface area contributed by atoms with Gasteiger partial charge >= 0.3 is 5.97 Å². The molecule has 1 atom stereocenters. The van der Waals surface area contributed by atoms with E-state index in [0.717, 1.165) is 37.1 Å². The van der Waals surface area contributed by atoms with E-state index in [2.05, 4.69) is 13.2 Å². The number of hydrogen-bond acceptors (Lipinski definition) is 1. The minimum absolute atomic E-state index is 0.372. The summed E-state index contributed by atoms with van der Waals surface area (Å²) in [6, 6.07) is 0. The molecule has 0 aliphatic heterocycles. The van der Waals surface area contributed by atoms with E-state index in [1.54, 1.807) is 0 Å². The molecular weight excluding hydrogens is 260 g/mol. The summed E-state index contributed by atoms with van der Waals surface area (Å²) in [4.78, 5) is 10.8. The Bertz CT molecular complexity index is 274. The molecule has 0 radical (unpaired) electrons. The zero-order valence-electron chi connectivity index (χ0n) is 11.9. The lowest BCUT2D eigenvalue weighted by molar-refractivity contribution is -0.140. The molecule has 2 nitrogen and oxygen atoms in total. The maximum Gasteiger partial charge on any atom is 0.310 e. The van der Waals surface area contributed by atoms with Crippen LogP contribution in [0, 0.1) is 5.92 Å². The van der Waals surface area contributed by atoms with Gasteiger partial charge in [0.05, 0.1) is 5.92 Å². The third kappa shape index (κ3) is 12.0. The monoisotopic (exact) mass is 286 g/mol. The summed E-state index contributed by atoms with van der Waals surface area (Å²) in [5.41, 5.74) is 0. The van der Waals surface area contributed by atoms with Gasteiger partial charge in [-0.3, -0.25) is 4.79 Å². The van der Waals surface area contributed by atoms with Crippen LogP contribution in [-0.4, -0.2) is 11.1 Å². The summed E-state index contributed by atoms with van der Waals surface area (Å²) in [5, 5.41) is 9.61. The average molecular weight is 287 g/mol. The van der Waals surface area contributed by atoms with Crippen molar-refractivity contribution >= 4 is 17.6 Å². The second-order valence-electron chi connectivity index (χ2n) is 5.06. The molecule has 0 aromatic heterocycles. The van der Waals surface area contributed by atoms with Crippen molar-refractivity contribution in [2.24, 2.45) is 5.92 Å². The summed E-state index contributed by atoms with van der Waals surface area (Å²) < 4.78 is 0. The van der Waals surface area contributed by atoms with Gasteiger partial charge in [0, 0.05) is 5.03 Å². The molecule has 0 spiro atoms. The number of carboxylic acid groups (broad SMARTS) is 1. The molecule has 110 valence electrons. The van der Waals surface area contributed by atoms with Gasteiger partial charge in [0.2, 0.25) is 0 Å². The fourth-order valence-corrected chi connectivity index (χ4v) is 2.22. The Morgan fingerprint density at radius 2 is 1.53 bits per heavy atom. The number of carbonyl (C=O) groups is 1. The Morgan fingerprint density at radius 1 is 1.05 bits per heavy atom. The standard InChI is InChI=1S/C16H27ClO2/c1-3-15(16(18)19)13-11-9-7-5-4-6-8-10-12-14(2)17/h3,15H,1-2,4-13H2,(H,18,19). The molecule has 0 heterocycles. The van der Waals surface area contributed by atoms with Crippen molar-refractivity contribution < 1.29 is 9.90 Å². The maximum absolute atomic E-state index is 10.8. The Labute approximate surface area is 122 Å². The Balaban J connectivity index is 3.25. The molecule has 0 rings (SSSR count). The lowest BCUT2D eigenvalue weighted by Crippen LogP contribution is -2.10. The molecule has 0 saturated heterocycles. The van der Waals surface area contributed by atoms with Crippen molar-refractivity contribution in [3.8, 4) is 0 Å². The van der Waals surface area contributed by atoms with E-state index < -0.39 is 5.97 Å². The molecule has 0 fully saturated rings. The van der Waals surface area contributed by atoms with Gasteiger partial charge in [0.1, 0.15) is 0 Å². The lowest BCUT2D eigenvalue weighted by Gasteiger charge is -2.06. The van der Waals surface area contributed by atoms with Crippen LogP contribution in [0.2, 0.25) is 0 Å². The zero-order chi connectivity index (χ0) is 14.5. The summed E-state index contributed by atoms with van der Waals surface area (Å²) >= 11 is 5.69. The van der Waals surface area contributed by atoms with E-state index in [0.29, 0.717) is 0 Å². The van der Waals surface area contributed by atoms with Crippen molar-refractivity contribution in [2.75, 3.05) is 0 Å². The summed E-state index contributed by atoms with van der Waals surface area (Å²) in [5.74, 6) is -1.13. The topological polar surface area (TPSA) is 37.3 Å². The van der Waals surface area contributed by atoms with E-state index in [-0.39, 0.29) is 5.92 Å². The molecular formula is C16H27ClO2. The number of halogens is 1. The molecule has 1 N–H and O–H groups in total. The van der Waals surface area contributed by atoms with E-state index in [1.165, 1.54) is 38.2 Å². The van der Waals surface area contributed by atoms with Gasteiger partial charge in [-0.1, -0.05) is 69.2 Å². The first-order valence-electron chi connectivity index (χ1n) is 7.26. The third-order valence-electron chi connectivity index (χ3n) is 3.31. The minimum atomic E-state index is -0.754. The summed E-state index contributed by atoms with van der Waals surface area (Å²) in [6.07, 6.45) is 12.6. The van der Waals surface area contributed by atoms with Gasteiger partial charge in [0.25, 0.3) is 0 Å². The first kappa shape index (κ1) is 18.2. The fraction of sp³-hybridized carbons (Fsp3) is 0.688. The van der Waals surface area contributed by atoms with Crippen LogP contribution in [0.25, 0.3) is 0 Å². The number of aliphatic carboxylic acids is 1. The highest BCUT2D eigenvalue weighted by molar-refractivity contribution is 6.29. The second-order valence-corrected chi connectivity index (χ2v) is 5.60. The Hall–Kier alpha value is -0.760. The SMILES string of the molecule is C=CC(CCCCCCCCCCC(=C)Cl)C(=O)O. The number of hydrogen-bond donors (Lipinski definition) is 1. The normalized spacial score (nSPS) is 12.1. The third-order valence-corrected chi connectivity index (χ3v) is 3.50. The van der Waals surface area contributed by atoms with Gasteiger partial charge in [-0.05, 0) is 19.3 Å². The van der Waals surface area contributed by atoms with E-state index in [9.17, 15) is 4.79 Å². The van der Waals surface area contributed by atoms with Gasteiger partial charge in [-0.25, -0.2) is 0 Å². The Morgan fingerprint density at radius 3 is 1.95 bits per heavy atom. The lowest BCUT2D eigenvalue weighted by atomic mass is 10.00. The molecule has 0 bridgehead atoms. The highest BCUT2D eigenvalue weighted by atomic mass is 35.5.